The first-order valence-electron chi connectivity index (χ1n) is 6.32. The van der Waals surface area contributed by atoms with Crippen molar-refractivity contribution in [1.29, 1.82) is 0 Å². The van der Waals surface area contributed by atoms with Gasteiger partial charge in [0.25, 0.3) is 0 Å². The van der Waals surface area contributed by atoms with E-state index in [4.69, 9.17) is 5.11 Å². The van der Waals surface area contributed by atoms with Gasteiger partial charge in [-0.05, 0) is 43.6 Å². The van der Waals surface area contributed by atoms with E-state index in [1.807, 2.05) is 0 Å². The number of carboxylic acid groups (broad SMARTS) is 1. The molecule has 1 rings (SSSR count). The predicted octanol–water partition coefficient (Wildman–Crippen LogP) is 2.66. The second-order valence-electron chi connectivity index (χ2n) is 6.24. The van der Waals surface area contributed by atoms with Crippen LogP contribution in [0.15, 0.2) is 0 Å². The second-order valence-corrected chi connectivity index (χ2v) is 6.24. The van der Waals surface area contributed by atoms with E-state index < -0.39 is 5.97 Å². The zero-order chi connectivity index (χ0) is 12.2. The van der Waals surface area contributed by atoms with Crippen molar-refractivity contribution in [2.75, 3.05) is 6.54 Å². The number of hydrogen-bond acceptors (Lipinski definition) is 2. The maximum absolute atomic E-state index is 10.6. The van der Waals surface area contributed by atoms with Gasteiger partial charge in [-0.25, -0.2) is 0 Å². The van der Waals surface area contributed by atoms with Gasteiger partial charge < -0.3 is 10.4 Å². The summed E-state index contributed by atoms with van der Waals surface area (Å²) in [6.45, 7) is 7.79. The first-order valence-corrected chi connectivity index (χ1v) is 6.32. The lowest BCUT2D eigenvalue weighted by atomic mass is 9.92. The molecule has 16 heavy (non-hydrogen) atoms. The molecule has 0 heterocycles. The van der Waals surface area contributed by atoms with Crippen LogP contribution in [0.1, 0.15) is 52.9 Å². The Kier molecular flexibility index (Phi) is 4.78. The molecule has 0 unspecified atom stereocenters. The third kappa shape index (κ3) is 5.50. The Bertz CT molecular complexity index is 233. The predicted molar refractivity (Wildman–Crippen MR) is 65.5 cm³/mol. The Hall–Kier alpha value is -0.570. The first-order chi connectivity index (χ1) is 7.37. The van der Waals surface area contributed by atoms with E-state index in [-0.39, 0.29) is 0 Å². The molecule has 1 saturated carbocycles. The van der Waals surface area contributed by atoms with Gasteiger partial charge in [0.1, 0.15) is 0 Å². The summed E-state index contributed by atoms with van der Waals surface area (Å²) in [5.74, 6) is -0.259. The average Bonchev–Trinajstić information content (AvgIpc) is 2.49. The summed E-state index contributed by atoms with van der Waals surface area (Å²) in [4.78, 5) is 10.6. The van der Waals surface area contributed by atoms with E-state index >= 15 is 0 Å². The van der Waals surface area contributed by atoms with Crippen LogP contribution in [0.4, 0.5) is 0 Å². The molecule has 0 radical (unpaired) electrons. The fraction of sp³-hybridized carbons (Fsp3) is 0.923. The zero-order valence-electron chi connectivity index (χ0n) is 10.8. The minimum absolute atomic E-state index is 0.345. The molecule has 0 aromatic heterocycles. The van der Waals surface area contributed by atoms with E-state index in [9.17, 15) is 4.79 Å². The molecule has 3 nitrogen and oxygen atoms in total. The number of aliphatic carboxylic acids is 1. The molecular weight excluding hydrogens is 202 g/mol. The first kappa shape index (κ1) is 13.5. The lowest BCUT2D eigenvalue weighted by Crippen LogP contribution is -2.29. The number of hydrogen-bond donors (Lipinski definition) is 2. The summed E-state index contributed by atoms with van der Waals surface area (Å²) in [6.07, 6.45) is 4.77. The minimum atomic E-state index is -0.652. The highest BCUT2D eigenvalue weighted by Crippen LogP contribution is 2.28. The third-order valence-corrected chi connectivity index (χ3v) is 3.31. The lowest BCUT2D eigenvalue weighted by Gasteiger charge is -2.20. The maximum atomic E-state index is 10.6. The molecule has 0 aliphatic heterocycles. The Labute approximate surface area is 98.6 Å². The molecule has 0 bridgehead atoms. The van der Waals surface area contributed by atoms with Gasteiger partial charge in [-0.3, -0.25) is 4.79 Å². The number of carbonyl (C=O) groups is 1. The van der Waals surface area contributed by atoms with E-state index in [1.165, 1.54) is 6.42 Å². The normalized spacial score (nSPS) is 25.9. The van der Waals surface area contributed by atoms with Crippen molar-refractivity contribution in [2.45, 2.75) is 58.9 Å². The van der Waals surface area contributed by atoms with Gasteiger partial charge in [0.15, 0.2) is 0 Å². The topological polar surface area (TPSA) is 49.3 Å². The van der Waals surface area contributed by atoms with Crippen LogP contribution in [0, 0.1) is 11.3 Å². The van der Waals surface area contributed by atoms with Gasteiger partial charge in [0.2, 0.25) is 0 Å². The van der Waals surface area contributed by atoms with Crippen molar-refractivity contribution in [3.05, 3.63) is 0 Å². The van der Waals surface area contributed by atoms with Crippen molar-refractivity contribution in [3.8, 4) is 0 Å². The number of carboxylic acids is 1. The van der Waals surface area contributed by atoms with Crippen molar-refractivity contribution in [3.63, 3.8) is 0 Å². The van der Waals surface area contributed by atoms with E-state index in [1.54, 1.807) is 0 Å². The van der Waals surface area contributed by atoms with Crippen molar-refractivity contribution >= 4 is 5.97 Å². The van der Waals surface area contributed by atoms with Crippen LogP contribution in [-0.2, 0) is 4.79 Å². The highest BCUT2D eigenvalue weighted by atomic mass is 16.4. The highest BCUT2D eigenvalue weighted by Gasteiger charge is 2.26. The fourth-order valence-corrected chi connectivity index (χ4v) is 2.34. The van der Waals surface area contributed by atoms with Crippen LogP contribution in [0.25, 0.3) is 0 Å². The molecule has 94 valence electrons. The zero-order valence-corrected chi connectivity index (χ0v) is 10.8. The molecule has 0 aromatic rings. The van der Waals surface area contributed by atoms with Crippen LogP contribution in [0.3, 0.4) is 0 Å². The molecule has 0 amide bonds. The summed E-state index contributed by atoms with van der Waals surface area (Å²) in [5, 5.41) is 12.3. The van der Waals surface area contributed by atoms with Gasteiger partial charge >= 0.3 is 5.97 Å². The highest BCUT2D eigenvalue weighted by molar-refractivity contribution is 5.67. The van der Waals surface area contributed by atoms with Crippen LogP contribution in [0.2, 0.25) is 0 Å². The number of nitrogens with one attached hydrogen (secondary N) is 1. The van der Waals surface area contributed by atoms with Gasteiger partial charge in [-0.2, -0.15) is 0 Å². The Balaban J connectivity index is 2.14. The molecular formula is C13H25NO2. The Morgan fingerprint density at radius 1 is 1.38 bits per heavy atom. The van der Waals surface area contributed by atoms with Gasteiger partial charge in [-0.1, -0.05) is 20.8 Å². The molecule has 0 saturated heterocycles. The SMILES string of the molecule is CC(C)(C)CCN[C@H]1CC[C@@H](CC(=O)O)C1. The minimum Gasteiger partial charge on any atom is -0.481 e. The number of rotatable bonds is 5. The smallest absolute Gasteiger partial charge is 0.303 e. The van der Waals surface area contributed by atoms with Crippen molar-refractivity contribution in [2.24, 2.45) is 11.3 Å². The lowest BCUT2D eigenvalue weighted by molar-refractivity contribution is -0.138. The van der Waals surface area contributed by atoms with E-state index in [0.717, 1.165) is 25.8 Å². The van der Waals surface area contributed by atoms with Crippen LogP contribution < -0.4 is 5.32 Å². The second kappa shape index (κ2) is 5.67. The monoisotopic (exact) mass is 227 g/mol. The standard InChI is InChI=1S/C13H25NO2/c1-13(2,3)6-7-14-11-5-4-10(8-11)9-12(15)16/h10-11,14H,4-9H2,1-3H3,(H,15,16)/t10-,11+/m1/s1. The van der Waals surface area contributed by atoms with Gasteiger partial charge in [0.05, 0.1) is 0 Å². The Morgan fingerprint density at radius 2 is 2.06 bits per heavy atom. The van der Waals surface area contributed by atoms with E-state index in [2.05, 4.69) is 26.1 Å². The molecule has 1 aliphatic carbocycles. The third-order valence-electron chi connectivity index (χ3n) is 3.31. The molecule has 3 heteroatoms. The maximum Gasteiger partial charge on any atom is 0.303 e. The largest absolute Gasteiger partial charge is 0.481 e. The van der Waals surface area contributed by atoms with Crippen molar-refractivity contribution < 1.29 is 9.90 Å². The van der Waals surface area contributed by atoms with Crippen LogP contribution >= 0.6 is 0 Å². The summed E-state index contributed by atoms with van der Waals surface area (Å²) >= 11 is 0. The fourth-order valence-electron chi connectivity index (χ4n) is 2.34. The van der Waals surface area contributed by atoms with Crippen molar-refractivity contribution in [1.82, 2.24) is 5.32 Å². The van der Waals surface area contributed by atoms with Gasteiger partial charge in [0, 0.05) is 12.5 Å². The molecule has 2 atom stereocenters. The summed E-state index contributed by atoms with van der Waals surface area (Å²) in [7, 11) is 0. The van der Waals surface area contributed by atoms with E-state index in [0.29, 0.717) is 23.8 Å². The van der Waals surface area contributed by atoms with Crippen LogP contribution in [0.5, 0.6) is 0 Å². The summed E-state index contributed by atoms with van der Waals surface area (Å²) in [5.41, 5.74) is 0.381. The molecule has 1 fully saturated rings. The molecule has 2 N–H and O–H groups in total. The Morgan fingerprint density at radius 3 is 2.62 bits per heavy atom. The summed E-state index contributed by atoms with van der Waals surface area (Å²) in [6, 6.07) is 0.548. The molecule has 0 aromatic carbocycles. The van der Waals surface area contributed by atoms with Gasteiger partial charge in [-0.15, -0.1) is 0 Å². The average molecular weight is 227 g/mol. The van der Waals surface area contributed by atoms with Crippen LogP contribution in [-0.4, -0.2) is 23.7 Å². The quantitative estimate of drug-likeness (QED) is 0.759. The molecule has 0 spiro atoms. The summed E-state index contributed by atoms with van der Waals surface area (Å²) < 4.78 is 0. The molecule has 1 aliphatic rings.